The van der Waals surface area contributed by atoms with Crippen molar-refractivity contribution in [1.82, 2.24) is 0 Å². The van der Waals surface area contributed by atoms with E-state index in [-0.39, 0.29) is 23.5 Å². The van der Waals surface area contributed by atoms with Crippen molar-refractivity contribution < 1.29 is 14.0 Å². The average Bonchev–Trinajstić information content (AvgIpc) is 3.12. The van der Waals surface area contributed by atoms with E-state index in [0.717, 1.165) is 25.7 Å². The van der Waals surface area contributed by atoms with Gasteiger partial charge in [-0.25, -0.2) is 4.39 Å². The topological polar surface area (TPSA) is 58.2 Å². The van der Waals surface area contributed by atoms with E-state index in [1.54, 1.807) is 24.3 Å². The number of para-hydroxylation sites is 1. The molecule has 2 aromatic rings. The predicted octanol–water partition coefficient (Wildman–Crippen LogP) is 4.21. The second-order valence-electron chi connectivity index (χ2n) is 5.98. The summed E-state index contributed by atoms with van der Waals surface area (Å²) in [5, 5.41) is 5.58. The lowest BCUT2D eigenvalue weighted by atomic mass is 10.1. The molecule has 2 aromatic carbocycles. The average molecular weight is 326 g/mol. The normalized spacial score (nSPS) is 14.4. The third-order valence-electron chi connectivity index (χ3n) is 4.26. The highest BCUT2D eigenvalue weighted by molar-refractivity contribution is 6.10. The van der Waals surface area contributed by atoms with Crippen LogP contribution in [0.5, 0.6) is 0 Å². The molecule has 0 saturated heterocycles. The first-order valence-corrected chi connectivity index (χ1v) is 8.10. The third-order valence-corrected chi connectivity index (χ3v) is 4.26. The van der Waals surface area contributed by atoms with Crippen molar-refractivity contribution in [2.75, 3.05) is 10.6 Å². The Bertz CT molecular complexity index is 737. The molecule has 3 rings (SSSR count). The minimum atomic E-state index is -0.364. The molecular formula is C19H19FN2O2. The number of hydrogen-bond donors (Lipinski definition) is 2. The van der Waals surface area contributed by atoms with Crippen LogP contribution in [0.4, 0.5) is 15.8 Å². The van der Waals surface area contributed by atoms with Gasteiger partial charge in [0.1, 0.15) is 5.82 Å². The number of amides is 2. The molecule has 2 N–H and O–H groups in total. The van der Waals surface area contributed by atoms with Gasteiger partial charge < -0.3 is 10.6 Å². The molecule has 1 saturated carbocycles. The van der Waals surface area contributed by atoms with Crippen LogP contribution in [0.1, 0.15) is 36.0 Å². The number of carbonyl (C=O) groups is 2. The van der Waals surface area contributed by atoms with Gasteiger partial charge in [-0.1, -0.05) is 25.0 Å². The van der Waals surface area contributed by atoms with Crippen LogP contribution in [-0.4, -0.2) is 11.8 Å². The number of anilines is 2. The quantitative estimate of drug-likeness (QED) is 0.884. The first kappa shape index (κ1) is 16.2. The van der Waals surface area contributed by atoms with Crippen molar-refractivity contribution in [3.05, 3.63) is 59.9 Å². The Kier molecular flexibility index (Phi) is 4.89. The molecule has 4 nitrogen and oxygen atoms in total. The maximum atomic E-state index is 12.9. The Balaban J connectivity index is 1.74. The van der Waals surface area contributed by atoms with Gasteiger partial charge in [0, 0.05) is 11.6 Å². The van der Waals surface area contributed by atoms with Crippen LogP contribution in [0, 0.1) is 11.7 Å². The molecule has 0 radical (unpaired) electrons. The Morgan fingerprint density at radius 2 is 1.58 bits per heavy atom. The van der Waals surface area contributed by atoms with Crippen molar-refractivity contribution in [1.29, 1.82) is 0 Å². The van der Waals surface area contributed by atoms with Gasteiger partial charge in [0.05, 0.1) is 11.3 Å². The van der Waals surface area contributed by atoms with Crippen LogP contribution >= 0.6 is 0 Å². The van der Waals surface area contributed by atoms with Gasteiger partial charge in [-0.3, -0.25) is 9.59 Å². The molecule has 0 aliphatic heterocycles. The van der Waals surface area contributed by atoms with Crippen molar-refractivity contribution in [3.63, 3.8) is 0 Å². The Hall–Kier alpha value is -2.69. The summed E-state index contributed by atoms with van der Waals surface area (Å²) >= 11 is 0. The fourth-order valence-electron chi connectivity index (χ4n) is 2.94. The van der Waals surface area contributed by atoms with Crippen LogP contribution < -0.4 is 10.6 Å². The van der Waals surface area contributed by atoms with Crippen LogP contribution in [-0.2, 0) is 4.79 Å². The van der Waals surface area contributed by atoms with Crippen LogP contribution in [0.3, 0.4) is 0 Å². The first-order chi connectivity index (χ1) is 11.6. The highest BCUT2D eigenvalue weighted by Crippen LogP contribution is 2.27. The SMILES string of the molecule is O=C(Nc1ccc(F)cc1)c1ccccc1NC(=O)C1CCCC1. The van der Waals surface area contributed by atoms with E-state index < -0.39 is 0 Å². The summed E-state index contributed by atoms with van der Waals surface area (Å²) in [5.74, 6) is -0.714. The summed E-state index contributed by atoms with van der Waals surface area (Å²) < 4.78 is 12.9. The minimum absolute atomic E-state index is 0.0261. The summed E-state index contributed by atoms with van der Waals surface area (Å²) in [5.41, 5.74) is 1.38. The number of rotatable bonds is 4. The fourth-order valence-corrected chi connectivity index (χ4v) is 2.94. The number of carbonyl (C=O) groups excluding carboxylic acids is 2. The molecule has 1 aliphatic carbocycles. The zero-order valence-electron chi connectivity index (χ0n) is 13.2. The Labute approximate surface area is 140 Å². The van der Waals surface area contributed by atoms with E-state index >= 15 is 0 Å². The van der Waals surface area contributed by atoms with E-state index in [1.807, 2.05) is 0 Å². The molecular weight excluding hydrogens is 307 g/mol. The molecule has 0 heterocycles. The largest absolute Gasteiger partial charge is 0.325 e. The van der Waals surface area contributed by atoms with Gasteiger partial charge in [-0.05, 0) is 49.2 Å². The maximum absolute atomic E-state index is 12.9. The Morgan fingerprint density at radius 3 is 2.29 bits per heavy atom. The van der Waals surface area contributed by atoms with Crippen LogP contribution in [0.2, 0.25) is 0 Å². The number of hydrogen-bond acceptors (Lipinski definition) is 2. The second-order valence-corrected chi connectivity index (χ2v) is 5.98. The third kappa shape index (κ3) is 3.79. The summed E-state index contributed by atoms with van der Waals surface area (Å²) in [4.78, 5) is 24.8. The van der Waals surface area contributed by atoms with E-state index in [1.165, 1.54) is 24.3 Å². The van der Waals surface area contributed by atoms with E-state index in [9.17, 15) is 14.0 Å². The number of benzene rings is 2. The van der Waals surface area contributed by atoms with Crippen molar-refractivity contribution in [2.24, 2.45) is 5.92 Å². The molecule has 2 amide bonds. The molecule has 0 spiro atoms. The van der Waals surface area contributed by atoms with Gasteiger partial charge in [-0.15, -0.1) is 0 Å². The maximum Gasteiger partial charge on any atom is 0.257 e. The van der Waals surface area contributed by atoms with Crippen molar-refractivity contribution >= 4 is 23.2 Å². The lowest BCUT2D eigenvalue weighted by molar-refractivity contribution is -0.119. The molecule has 0 atom stereocenters. The first-order valence-electron chi connectivity index (χ1n) is 8.10. The molecule has 0 unspecified atom stereocenters. The lowest BCUT2D eigenvalue weighted by Gasteiger charge is -2.14. The molecule has 5 heteroatoms. The summed E-state index contributed by atoms with van der Waals surface area (Å²) in [7, 11) is 0. The van der Waals surface area contributed by atoms with Gasteiger partial charge in [0.15, 0.2) is 0 Å². The number of halogens is 1. The standard InChI is InChI=1S/C19H19FN2O2/c20-14-9-11-15(12-10-14)21-19(24)16-7-3-4-8-17(16)22-18(23)13-5-1-2-6-13/h3-4,7-13H,1-2,5-6H2,(H,21,24)(H,22,23). The van der Waals surface area contributed by atoms with Crippen molar-refractivity contribution in [2.45, 2.75) is 25.7 Å². The minimum Gasteiger partial charge on any atom is -0.325 e. The summed E-state index contributed by atoms with van der Waals surface area (Å²) in [6.45, 7) is 0. The monoisotopic (exact) mass is 326 g/mol. The molecule has 124 valence electrons. The molecule has 1 aliphatic rings. The molecule has 0 bridgehead atoms. The van der Waals surface area contributed by atoms with Gasteiger partial charge >= 0.3 is 0 Å². The zero-order chi connectivity index (χ0) is 16.9. The molecule has 24 heavy (non-hydrogen) atoms. The highest BCUT2D eigenvalue weighted by Gasteiger charge is 2.23. The van der Waals surface area contributed by atoms with Gasteiger partial charge in [-0.2, -0.15) is 0 Å². The smallest absolute Gasteiger partial charge is 0.257 e. The highest BCUT2D eigenvalue weighted by atomic mass is 19.1. The van der Waals surface area contributed by atoms with E-state index in [0.29, 0.717) is 16.9 Å². The zero-order valence-corrected chi connectivity index (χ0v) is 13.2. The predicted molar refractivity (Wildman–Crippen MR) is 91.4 cm³/mol. The van der Waals surface area contributed by atoms with E-state index in [2.05, 4.69) is 10.6 Å². The van der Waals surface area contributed by atoms with E-state index in [4.69, 9.17) is 0 Å². The van der Waals surface area contributed by atoms with Gasteiger partial charge in [0.2, 0.25) is 5.91 Å². The molecule has 0 aromatic heterocycles. The molecule has 1 fully saturated rings. The summed E-state index contributed by atoms with van der Waals surface area (Å²) in [6, 6.07) is 12.4. The van der Waals surface area contributed by atoms with Gasteiger partial charge in [0.25, 0.3) is 5.91 Å². The summed E-state index contributed by atoms with van der Waals surface area (Å²) in [6.07, 6.45) is 3.95. The van der Waals surface area contributed by atoms with Crippen molar-refractivity contribution in [3.8, 4) is 0 Å². The second kappa shape index (κ2) is 7.25. The Morgan fingerprint density at radius 1 is 0.917 bits per heavy atom. The van der Waals surface area contributed by atoms with Crippen LogP contribution in [0.15, 0.2) is 48.5 Å². The number of nitrogens with one attached hydrogen (secondary N) is 2. The fraction of sp³-hybridized carbons (Fsp3) is 0.263. The van der Waals surface area contributed by atoms with Crippen LogP contribution in [0.25, 0.3) is 0 Å². The lowest BCUT2D eigenvalue weighted by Crippen LogP contribution is -2.23.